The smallest absolute Gasteiger partial charge is 0.319 e. The third-order valence-corrected chi connectivity index (χ3v) is 4.92. The van der Waals surface area contributed by atoms with Crippen molar-refractivity contribution in [3.63, 3.8) is 0 Å². The minimum absolute atomic E-state index is 0.0136. The molecule has 1 aromatic rings. The van der Waals surface area contributed by atoms with Crippen molar-refractivity contribution in [3.8, 4) is 0 Å². The molecular weight excluding hydrogens is 254 g/mol. The van der Waals surface area contributed by atoms with E-state index < -0.39 is 9.84 Å². The van der Waals surface area contributed by atoms with E-state index in [4.69, 9.17) is 0 Å². The summed E-state index contributed by atoms with van der Waals surface area (Å²) in [5.41, 5.74) is 1.40. The van der Waals surface area contributed by atoms with Crippen molar-refractivity contribution in [1.29, 1.82) is 0 Å². The number of carbonyl (C=O) groups is 1. The first-order chi connectivity index (χ1) is 8.53. The van der Waals surface area contributed by atoms with Gasteiger partial charge in [-0.3, -0.25) is 0 Å². The predicted octanol–water partition coefficient (Wildman–Crippen LogP) is 0.399. The maximum absolute atomic E-state index is 11.7. The molecule has 0 saturated carbocycles. The summed E-state index contributed by atoms with van der Waals surface area (Å²) in [6.07, 6.45) is 0. The number of hydrogen-bond acceptors (Lipinski definition) is 4. The molecule has 6 nitrogen and oxygen atoms in total. The molecule has 3 rings (SSSR count). The average molecular weight is 267 g/mol. The van der Waals surface area contributed by atoms with Gasteiger partial charge in [-0.05, 0) is 12.1 Å². The number of benzene rings is 1. The molecule has 1 saturated heterocycles. The Morgan fingerprint density at radius 3 is 2.33 bits per heavy atom. The quantitative estimate of drug-likeness (QED) is 0.635. The number of hydrogen-bond donors (Lipinski definition) is 3. The van der Waals surface area contributed by atoms with Gasteiger partial charge >= 0.3 is 6.03 Å². The summed E-state index contributed by atoms with van der Waals surface area (Å²) >= 11 is 0. The summed E-state index contributed by atoms with van der Waals surface area (Å²) in [5, 5.41) is 8.56. The Bertz CT molecular complexity index is 599. The van der Waals surface area contributed by atoms with Crippen molar-refractivity contribution < 1.29 is 13.2 Å². The summed E-state index contributed by atoms with van der Waals surface area (Å²) in [5.74, 6) is 0.0343. The van der Waals surface area contributed by atoms with Gasteiger partial charge in [0.2, 0.25) is 0 Å². The second-order valence-corrected chi connectivity index (χ2v) is 6.73. The van der Waals surface area contributed by atoms with Crippen LogP contribution in [-0.4, -0.2) is 38.0 Å². The zero-order valence-electron chi connectivity index (χ0n) is 9.51. The Labute approximate surface area is 105 Å². The van der Waals surface area contributed by atoms with E-state index in [2.05, 4.69) is 16.0 Å². The van der Waals surface area contributed by atoms with E-state index >= 15 is 0 Å². The second-order valence-electron chi connectivity index (χ2n) is 4.58. The number of rotatable bonds is 0. The molecule has 0 bridgehead atoms. The van der Waals surface area contributed by atoms with Crippen molar-refractivity contribution >= 4 is 27.2 Å². The second kappa shape index (κ2) is 3.88. The van der Waals surface area contributed by atoms with E-state index in [1.807, 2.05) is 18.2 Å². The van der Waals surface area contributed by atoms with Crippen LogP contribution in [-0.2, 0) is 9.84 Å². The molecule has 2 amide bonds. The number of fused-ring (bicyclic) bond motifs is 2. The molecule has 2 heterocycles. The number of nitrogens with one attached hydrogen (secondary N) is 3. The normalized spacial score (nSPS) is 28.8. The van der Waals surface area contributed by atoms with Crippen LogP contribution in [0.15, 0.2) is 24.3 Å². The highest BCUT2D eigenvalue weighted by Crippen LogP contribution is 2.26. The highest BCUT2D eigenvalue weighted by Gasteiger charge is 2.39. The molecule has 0 radical (unpaired) electrons. The lowest BCUT2D eigenvalue weighted by Gasteiger charge is -2.26. The summed E-state index contributed by atoms with van der Waals surface area (Å²) in [4.78, 5) is 11.7. The van der Waals surface area contributed by atoms with E-state index in [1.165, 1.54) is 0 Å². The van der Waals surface area contributed by atoms with Gasteiger partial charge < -0.3 is 16.0 Å². The molecule has 0 aliphatic carbocycles. The SMILES string of the molecule is O=C1Nc2ccccc2N[C@H]2CS(=O)(=O)C[C@@H]2N1. The number of para-hydroxylation sites is 2. The fraction of sp³-hybridized carbons (Fsp3) is 0.364. The number of carbonyl (C=O) groups excluding carboxylic acids is 1. The number of urea groups is 1. The summed E-state index contributed by atoms with van der Waals surface area (Å²) in [6.45, 7) is 0. The first-order valence-corrected chi connectivity index (χ1v) is 7.49. The molecule has 1 fully saturated rings. The zero-order chi connectivity index (χ0) is 12.8. The molecule has 1 aromatic carbocycles. The van der Waals surface area contributed by atoms with Crippen molar-refractivity contribution in [2.45, 2.75) is 12.1 Å². The van der Waals surface area contributed by atoms with Gasteiger partial charge in [0.05, 0.1) is 35.0 Å². The van der Waals surface area contributed by atoms with Crippen molar-refractivity contribution in [2.24, 2.45) is 0 Å². The maximum atomic E-state index is 11.7. The van der Waals surface area contributed by atoms with Crippen molar-refractivity contribution in [1.82, 2.24) is 5.32 Å². The third-order valence-electron chi connectivity index (χ3n) is 3.19. The topological polar surface area (TPSA) is 87.3 Å². The first-order valence-electron chi connectivity index (χ1n) is 5.67. The molecule has 0 spiro atoms. The lowest BCUT2D eigenvalue weighted by atomic mass is 10.1. The van der Waals surface area contributed by atoms with Gasteiger partial charge in [-0.1, -0.05) is 12.1 Å². The number of anilines is 2. The highest BCUT2D eigenvalue weighted by molar-refractivity contribution is 7.91. The standard InChI is InChI=1S/C11H13N3O3S/c15-11-13-8-4-2-1-3-7(8)12-9-5-18(16,17)6-10(9)14-11/h1-4,9-10,12H,5-6H2,(H2,13,14,15)/t9-,10-/m0/s1. The van der Waals surface area contributed by atoms with Crippen LogP contribution in [0.2, 0.25) is 0 Å². The van der Waals surface area contributed by atoms with Crippen LogP contribution in [0.1, 0.15) is 0 Å². The van der Waals surface area contributed by atoms with E-state index in [9.17, 15) is 13.2 Å². The fourth-order valence-corrected chi connectivity index (χ4v) is 4.24. The first kappa shape index (κ1) is 11.3. The highest BCUT2D eigenvalue weighted by atomic mass is 32.2. The number of sulfone groups is 1. The average Bonchev–Trinajstić information content (AvgIpc) is 2.53. The third kappa shape index (κ3) is 2.01. The molecule has 7 heteroatoms. The van der Waals surface area contributed by atoms with E-state index in [0.717, 1.165) is 5.69 Å². The Hall–Kier alpha value is -1.76. The minimum Gasteiger partial charge on any atom is -0.377 e. The molecule has 0 aromatic heterocycles. The molecule has 2 aliphatic rings. The van der Waals surface area contributed by atoms with Crippen LogP contribution in [0.25, 0.3) is 0 Å². The van der Waals surface area contributed by atoms with E-state index in [0.29, 0.717) is 5.69 Å². The molecule has 0 unspecified atom stereocenters. The molecule has 96 valence electrons. The van der Waals surface area contributed by atoms with E-state index in [1.54, 1.807) is 6.07 Å². The van der Waals surface area contributed by atoms with Gasteiger partial charge in [0.25, 0.3) is 0 Å². The van der Waals surface area contributed by atoms with Crippen molar-refractivity contribution in [3.05, 3.63) is 24.3 Å². The Morgan fingerprint density at radius 2 is 1.61 bits per heavy atom. The number of amides is 2. The van der Waals surface area contributed by atoms with Gasteiger partial charge in [0.15, 0.2) is 9.84 Å². The van der Waals surface area contributed by atoms with Crippen LogP contribution >= 0.6 is 0 Å². The zero-order valence-corrected chi connectivity index (χ0v) is 10.3. The lowest BCUT2D eigenvalue weighted by Crippen LogP contribution is -2.49. The Kier molecular flexibility index (Phi) is 2.44. The molecule has 2 aliphatic heterocycles. The van der Waals surface area contributed by atoms with Crippen LogP contribution in [0.3, 0.4) is 0 Å². The summed E-state index contributed by atoms with van der Waals surface area (Å²) in [6, 6.07) is 6.22. The molecule has 18 heavy (non-hydrogen) atoms. The maximum Gasteiger partial charge on any atom is 0.319 e. The fourth-order valence-electron chi connectivity index (χ4n) is 2.38. The van der Waals surface area contributed by atoms with Crippen molar-refractivity contribution in [2.75, 3.05) is 22.1 Å². The van der Waals surface area contributed by atoms with Crippen LogP contribution in [0.4, 0.5) is 16.2 Å². The molecular formula is C11H13N3O3S. The summed E-state index contributed by atoms with van der Waals surface area (Å²) < 4.78 is 23.3. The largest absolute Gasteiger partial charge is 0.377 e. The lowest BCUT2D eigenvalue weighted by molar-refractivity contribution is 0.248. The Morgan fingerprint density at radius 1 is 1.00 bits per heavy atom. The molecule has 3 N–H and O–H groups in total. The van der Waals surface area contributed by atoms with Gasteiger partial charge in [0, 0.05) is 0 Å². The van der Waals surface area contributed by atoms with Crippen LogP contribution in [0.5, 0.6) is 0 Å². The monoisotopic (exact) mass is 267 g/mol. The molecule has 2 atom stereocenters. The van der Waals surface area contributed by atoms with Gasteiger partial charge in [-0.25, -0.2) is 13.2 Å². The van der Waals surface area contributed by atoms with Gasteiger partial charge in [0.1, 0.15) is 0 Å². The summed E-state index contributed by atoms with van der Waals surface area (Å²) in [7, 11) is -3.09. The van der Waals surface area contributed by atoms with Crippen LogP contribution < -0.4 is 16.0 Å². The Balaban J connectivity index is 1.99. The van der Waals surface area contributed by atoms with Crippen LogP contribution in [0, 0.1) is 0 Å². The van der Waals surface area contributed by atoms with E-state index in [-0.39, 0.29) is 29.6 Å². The van der Waals surface area contributed by atoms with Gasteiger partial charge in [-0.15, -0.1) is 0 Å². The predicted molar refractivity (Wildman–Crippen MR) is 68.4 cm³/mol. The van der Waals surface area contributed by atoms with Gasteiger partial charge in [-0.2, -0.15) is 0 Å². The minimum atomic E-state index is -3.09.